The van der Waals surface area contributed by atoms with Crippen LogP contribution in [0.5, 0.6) is 0 Å². The van der Waals surface area contributed by atoms with Gasteiger partial charge in [0.15, 0.2) is 0 Å². The van der Waals surface area contributed by atoms with Gasteiger partial charge in [-0.1, -0.05) is 77.8 Å². The van der Waals surface area contributed by atoms with Crippen molar-refractivity contribution in [3.8, 4) is 0 Å². The molecule has 0 radical (unpaired) electrons. The number of Topliss-reactive ketones (excluding diaryl/α,β-unsaturated/α-hetero) is 1. The number of esters is 1. The number of nitrogens with one attached hydrogen (secondary N) is 4. The molecule has 1 saturated carbocycles. The number of hydrogen-bond acceptors (Lipinski definition) is 7. The van der Waals surface area contributed by atoms with Gasteiger partial charge >= 0.3 is 12.0 Å². The van der Waals surface area contributed by atoms with E-state index in [2.05, 4.69) is 21.3 Å². The van der Waals surface area contributed by atoms with Crippen LogP contribution in [0.2, 0.25) is 0 Å². The molecule has 1 aromatic carbocycles. The maximum atomic E-state index is 14.2. The van der Waals surface area contributed by atoms with Crippen molar-refractivity contribution >= 4 is 35.5 Å². The van der Waals surface area contributed by atoms with E-state index in [4.69, 9.17) is 4.74 Å². The highest BCUT2D eigenvalue weighted by atomic mass is 16.6. The first-order valence-corrected chi connectivity index (χ1v) is 17.4. The fourth-order valence-electron chi connectivity index (χ4n) is 6.21. The summed E-state index contributed by atoms with van der Waals surface area (Å²) in [4.78, 5) is 81.8. The number of amides is 5. The van der Waals surface area contributed by atoms with Gasteiger partial charge in [-0.25, -0.2) is 4.79 Å². The lowest BCUT2D eigenvalue weighted by Crippen LogP contribution is -2.62. The Labute approximate surface area is 291 Å². The molecule has 4 N–H and O–H groups in total. The van der Waals surface area contributed by atoms with Crippen molar-refractivity contribution in [2.75, 3.05) is 13.1 Å². The van der Waals surface area contributed by atoms with Crippen LogP contribution in [0, 0.1) is 23.2 Å². The van der Waals surface area contributed by atoms with Gasteiger partial charge in [0.25, 0.3) is 5.91 Å². The minimum atomic E-state index is -1.13. The molecule has 1 aromatic rings. The molecule has 1 unspecified atom stereocenters. The van der Waals surface area contributed by atoms with Crippen molar-refractivity contribution < 1.29 is 33.5 Å². The molecular formula is C37H57N5O7. The van der Waals surface area contributed by atoms with E-state index < -0.39 is 70.8 Å². The number of ketones is 1. The summed E-state index contributed by atoms with van der Waals surface area (Å²) < 4.78 is 5.58. The Kier molecular flexibility index (Phi) is 12.7. The lowest BCUT2D eigenvalue weighted by Gasteiger charge is -2.37. The van der Waals surface area contributed by atoms with Crippen LogP contribution in [0.25, 0.3) is 0 Å². The quantitative estimate of drug-likeness (QED) is 0.182. The van der Waals surface area contributed by atoms with E-state index in [1.807, 2.05) is 85.7 Å². The fourth-order valence-corrected chi connectivity index (χ4v) is 6.21. The van der Waals surface area contributed by atoms with Gasteiger partial charge in [0, 0.05) is 12.1 Å². The second kappa shape index (κ2) is 15.7. The number of carbonyl (C=O) groups is 6. The van der Waals surface area contributed by atoms with Crippen molar-refractivity contribution in [3.05, 3.63) is 35.9 Å². The molecule has 272 valence electrons. The van der Waals surface area contributed by atoms with Crippen molar-refractivity contribution in [2.45, 2.75) is 124 Å². The van der Waals surface area contributed by atoms with E-state index in [0.29, 0.717) is 13.0 Å². The summed E-state index contributed by atoms with van der Waals surface area (Å²) >= 11 is 0. The third-order valence-corrected chi connectivity index (χ3v) is 9.08. The molecule has 1 aliphatic carbocycles. The van der Waals surface area contributed by atoms with Gasteiger partial charge in [-0.05, 0) is 76.2 Å². The van der Waals surface area contributed by atoms with Gasteiger partial charge in [0.1, 0.15) is 24.2 Å². The van der Waals surface area contributed by atoms with Gasteiger partial charge < -0.3 is 30.9 Å². The highest BCUT2D eigenvalue weighted by Gasteiger charge is 2.48. The standard InChI is InChI=1S/C37H57N5O7/c1-22(2)25-18-19-42(33(47)30(35(3,4)5)40-34(48)41-36(6,7)8)28(25)31(45)39-26(20-23-16-17-23)29(44)32(46)38-21-27(43)49-37(9,10)24-14-12-11-13-15-24/h11-15,22-23,25-26,28,30H,16-21H2,1-10H3,(H,38,46)(H,39,45)(H2,40,41,48)/t25-,26?,28+,30-/m1/s1. The molecule has 1 heterocycles. The van der Waals surface area contributed by atoms with Crippen LogP contribution in [0.4, 0.5) is 4.79 Å². The van der Waals surface area contributed by atoms with Gasteiger partial charge in [0.2, 0.25) is 17.6 Å². The van der Waals surface area contributed by atoms with Crippen LogP contribution in [0.1, 0.15) is 100 Å². The minimum Gasteiger partial charge on any atom is -0.453 e. The fraction of sp³-hybridized carbons (Fsp3) is 0.676. The monoisotopic (exact) mass is 683 g/mol. The Bertz CT molecular complexity index is 1380. The molecule has 1 aliphatic heterocycles. The predicted octanol–water partition coefficient (Wildman–Crippen LogP) is 3.82. The maximum Gasteiger partial charge on any atom is 0.326 e. The summed E-state index contributed by atoms with van der Waals surface area (Å²) in [6.45, 7) is 18.3. The first-order valence-electron chi connectivity index (χ1n) is 17.4. The highest BCUT2D eigenvalue weighted by Crippen LogP contribution is 2.36. The molecule has 2 aliphatic rings. The topological polar surface area (TPSA) is 163 Å². The lowest BCUT2D eigenvalue weighted by molar-refractivity contribution is -0.157. The molecule has 3 rings (SSSR count). The molecule has 1 saturated heterocycles. The maximum absolute atomic E-state index is 14.2. The average molecular weight is 684 g/mol. The average Bonchev–Trinajstić information content (AvgIpc) is 3.69. The van der Waals surface area contributed by atoms with E-state index in [1.54, 1.807) is 13.8 Å². The molecule has 49 heavy (non-hydrogen) atoms. The number of hydrogen-bond donors (Lipinski definition) is 4. The first-order chi connectivity index (χ1) is 22.6. The normalized spacial score (nSPS) is 19.4. The molecule has 0 spiro atoms. The van der Waals surface area contributed by atoms with E-state index in [0.717, 1.165) is 18.4 Å². The van der Waals surface area contributed by atoms with Crippen molar-refractivity contribution in [1.29, 1.82) is 0 Å². The van der Waals surface area contributed by atoms with Crippen LogP contribution in [-0.4, -0.2) is 77.2 Å². The van der Waals surface area contributed by atoms with Crippen LogP contribution >= 0.6 is 0 Å². The Hall–Kier alpha value is -3.96. The second-order valence-electron chi connectivity index (χ2n) is 16.5. The Morgan fingerprint density at radius 1 is 0.878 bits per heavy atom. The van der Waals surface area contributed by atoms with E-state index in [-0.39, 0.29) is 30.1 Å². The van der Waals surface area contributed by atoms with Crippen LogP contribution < -0.4 is 21.3 Å². The predicted molar refractivity (Wildman–Crippen MR) is 186 cm³/mol. The number of ether oxygens (including phenoxy) is 1. The Morgan fingerprint density at radius 2 is 1.49 bits per heavy atom. The number of likely N-dealkylation sites (tertiary alicyclic amines) is 1. The zero-order chi connectivity index (χ0) is 36.9. The van der Waals surface area contributed by atoms with E-state index in [9.17, 15) is 28.8 Å². The summed E-state index contributed by atoms with van der Waals surface area (Å²) in [6.07, 6.45) is 2.59. The zero-order valence-corrected chi connectivity index (χ0v) is 30.9. The van der Waals surface area contributed by atoms with Gasteiger partial charge in [-0.2, -0.15) is 0 Å². The summed E-state index contributed by atoms with van der Waals surface area (Å²) in [5.41, 5.74) is -1.38. The number of urea groups is 1. The molecule has 0 bridgehead atoms. The lowest BCUT2D eigenvalue weighted by atomic mass is 9.84. The van der Waals surface area contributed by atoms with Gasteiger partial charge in [-0.3, -0.25) is 24.0 Å². The minimum absolute atomic E-state index is 0.0332. The molecule has 0 aromatic heterocycles. The Balaban J connectivity index is 1.75. The number of rotatable bonds is 13. The summed E-state index contributed by atoms with van der Waals surface area (Å²) in [5, 5.41) is 10.8. The molecule has 12 nitrogen and oxygen atoms in total. The largest absolute Gasteiger partial charge is 0.453 e. The third kappa shape index (κ3) is 11.3. The van der Waals surface area contributed by atoms with Crippen molar-refractivity contribution in [1.82, 2.24) is 26.2 Å². The van der Waals surface area contributed by atoms with Crippen molar-refractivity contribution in [2.24, 2.45) is 23.2 Å². The number of carbonyl (C=O) groups excluding carboxylic acids is 6. The summed E-state index contributed by atoms with van der Waals surface area (Å²) in [5.74, 6) is -3.48. The van der Waals surface area contributed by atoms with Crippen LogP contribution in [0.15, 0.2) is 30.3 Å². The smallest absolute Gasteiger partial charge is 0.326 e. The number of nitrogens with zero attached hydrogens (tertiary/aromatic N) is 1. The van der Waals surface area contributed by atoms with Crippen LogP contribution in [0.3, 0.4) is 0 Å². The molecule has 2 fully saturated rings. The van der Waals surface area contributed by atoms with Crippen molar-refractivity contribution in [3.63, 3.8) is 0 Å². The molecule has 12 heteroatoms. The molecule has 5 amide bonds. The SMILES string of the molecule is CC(C)[C@H]1CCN(C(=O)[C@@H](NC(=O)NC(C)(C)C)C(C)(C)C)[C@@H]1C(=O)NC(CC1CC1)C(=O)C(=O)NCC(=O)OC(C)(C)c1ccccc1. The third-order valence-electron chi connectivity index (χ3n) is 9.08. The van der Waals surface area contributed by atoms with E-state index in [1.165, 1.54) is 4.90 Å². The second-order valence-corrected chi connectivity index (χ2v) is 16.5. The Morgan fingerprint density at radius 3 is 2.02 bits per heavy atom. The van der Waals surface area contributed by atoms with E-state index >= 15 is 0 Å². The molecular weight excluding hydrogens is 626 g/mol. The first kappa shape index (κ1) is 39.5. The number of benzene rings is 1. The molecule has 4 atom stereocenters. The summed E-state index contributed by atoms with van der Waals surface area (Å²) in [6, 6.07) is 5.71. The highest BCUT2D eigenvalue weighted by molar-refractivity contribution is 6.38. The van der Waals surface area contributed by atoms with Gasteiger partial charge in [0.05, 0.1) is 6.04 Å². The zero-order valence-electron chi connectivity index (χ0n) is 30.9. The summed E-state index contributed by atoms with van der Waals surface area (Å²) in [7, 11) is 0. The van der Waals surface area contributed by atoms with Crippen LogP contribution in [-0.2, 0) is 34.3 Å². The van der Waals surface area contributed by atoms with Gasteiger partial charge in [-0.15, -0.1) is 0 Å².